The van der Waals surface area contributed by atoms with E-state index in [0.717, 1.165) is 30.8 Å². The van der Waals surface area contributed by atoms with Gasteiger partial charge in [0.25, 0.3) is 5.91 Å². The van der Waals surface area contributed by atoms with Crippen molar-refractivity contribution in [2.24, 2.45) is 5.41 Å². The summed E-state index contributed by atoms with van der Waals surface area (Å²) >= 11 is 0. The van der Waals surface area contributed by atoms with Gasteiger partial charge in [-0.3, -0.25) is 9.59 Å². The highest BCUT2D eigenvalue weighted by Gasteiger charge is 2.55. The summed E-state index contributed by atoms with van der Waals surface area (Å²) in [6.45, 7) is 4.24. The molecule has 0 radical (unpaired) electrons. The van der Waals surface area contributed by atoms with Gasteiger partial charge in [0.2, 0.25) is 0 Å². The standard InChI is InChI=1S/C20H24N4O3/c1-13-21-14(2)24(22-13)16-8-6-15(7-9-16)18(25)23-12-11-20(19(26)27)10-4-3-5-17(20)23/h6-9,17H,3-5,10-12H2,1-2H3,(H,26,27)/t17-,20+/m0/s1. The van der Waals surface area contributed by atoms with Crippen LogP contribution in [0.15, 0.2) is 24.3 Å². The molecule has 7 heteroatoms. The number of hydrogen-bond acceptors (Lipinski definition) is 4. The van der Waals surface area contributed by atoms with Crippen molar-refractivity contribution < 1.29 is 14.7 Å². The van der Waals surface area contributed by atoms with Crippen molar-refractivity contribution in [1.29, 1.82) is 0 Å². The predicted molar refractivity (Wildman–Crippen MR) is 98.8 cm³/mol. The molecule has 1 amide bonds. The van der Waals surface area contributed by atoms with Crippen LogP contribution in [0.5, 0.6) is 0 Å². The van der Waals surface area contributed by atoms with Gasteiger partial charge in [0.15, 0.2) is 0 Å². The van der Waals surface area contributed by atoms with E-state index in [9.17, 15) is 14.7 Å². The molecule has 1 aromatic carbocycles. The first-order chi connectivity index (χ1) is 12.9. The van der Waals surface area contributed by atoms with Crippen LogP contribution in [0.1, 0.15) is 54.1 Å². The summed E-state index contributed by atoms with van der Waals surface area (Å²) in [5, 5.41) is 14.2. The summed E-state index contributed by atoms with van der Waals surface area (Å²) in [4.78, 5) is 31.1. The lowest BCUT2D eigenvalue weighted by Crippen LogP contribution is -2.48. The van der Waals surface area contributed by atoms with Gasteiger partial charge in [0.1, 0.15) is 11.6 Å². The number of carbonyl (C=O) groups excluding carboxylic acids is 1. The van der Waals surface area contributed by atoms with Gasteiger partial charge in [-0.1, -0.05) is 12.8 Å². The molecule has 4 rings (SSSR count). The third-order valence-corrected chi connectivity index (χ3v) is 6.08. The lowest BCUT2D eigenvalue weighted by atomic mass is 9.70. The third-order valence-electron chi connectivity index (χ3n) is 6.08. The molecule has 0 spiro atoms. The van der Waals surface area contributed by atoms with Gasteiger partial charge in [0, 0.05) is 18.2 Å². The molecule has 2 aliphatic rings. The van der Waals surface area contributed by atoms with E-state index in [-0.39, 0.29) is 11.9 Å². The van der Waals surface area contributed by atoms with E-state index < -0.39 is 11.4 Å². The molecule has 2 atom stereocenters. The van der Waals surface area contributed by atoms with Crippen molar-refractivity contribution in [2.75, 3.05) is 6.54 Å². The van der Waals surface area contributed by atoms with Crippen LogP contribution < -0.4 is 0 Å². The highest BCUT2D eigenvalue weighted by Crippen LogP contribution is 2.47. The van der Waals surface area contributed by atoms with Crippen molar-refractivity contribution >= 4 is 11.9 Å². The predicted octanol–water partition coefficient (Wildman–Crippen LogP) is 2.74. The molecule has 1 aliphatic carbocycles. The summed E-state index contributed by atoms with van der Waals surface area (Å²) in [5.74, 6) is 0.657. The highest BCUT2D eigenvalue weighted by atomic mass is 16.4. The maximum absolute atomic E-state index is 13.1. The molecule has 1 saturated heterocycles. The number of nitrogens with zero attached hydrogens (tertiary/aromatic N) is 4. The molecule has 0 bridgehead atoms. The van der Waals surface area contributed by atoms with Crippen LogP contribution in [0, 0.1) is 19.3 Å². The largest absolute Gasteiger partial charge is 0.481 e. The minimum atomic E-state index is -0.761. The van der Waals surface area contributed by atoms with Gasteiger partial charge in [0.05, 0.1) is 11.1 Å². The number of carbonyl (C=O) groups is 2. The molecule has 1 N–H and O–H groups in total. The maximum Gasteiger partial charge on any atom is 0.311 e. The van der Waals surface area contributed by atoms with E-state index in [4.69, 9.17) is 0 Å². The number of aromatic nitrogens is 3. The number of benzene rings is 1. The van der Waals surface area contributed by atoms with Crippen LogP contribution in [0.3, 0.4) is 0 Å². The van der Waals surface area contributed by atoms with Crippen LogP contribution in [0.4, 0.5) is 0 Å². The molecule has 1 saturated carbocycles. The number of aliphatic carboxylic acids is 1. The van der Waals surface area contributed by atoms with Crippen molar-refractivity contribution in [3.8, 4) is 5.69 Å². The Hall–Kier alpha value is -2.70. The first-order valence-electron chi connectivity index (χ1n) is 9.47. The fourth-order valence-corrected chi connectivity index (χ4v) is 4.72. The number of amides is 1. The van der Waals surface area contributed by atoms with E-state index in [1.54, 1.807) is 21.7 Å². The minimum Gasteiger partial charge on any atom is -0.481 e. The molecule has 1 aromatic heterocycles. The Morgan fingerprint density at radius 2 is 1.89 bits per heavy atom. The van der Waals surface area contributed by atoms with Gasteiger partial charge >= 0.3 is 5.97 Å². The van der Waals surface area contributed by atoms with E-state index in [0.29, 0.717) is 30.8 Å². The lowest BCUT2D eigenvalue weighted by molar-refractivity contribution is -0.152. The topological polar surface area (TPSA) is 88.3 Å². The first kappa shape index (κ1) is 17.7. The van der Waals surface area contributed by atoms with E-state index in [2.05, 4.69) is 10.1 Å². The maximum atomic E-state index is 13.1. The van der Waals surface area contributed by atoms with Crippen molar-refractivity contribution in [2.45, 2.75) is 52.0 Å². The third kappa shape index (κ3) is 2.81. The summed E-state index contributed by atoms with van der Waals surface area (Å²) in [5.41, 5.74) is 0.673. The molecule has 2 fully saturated rings. The average molecular weight is 368 g/mol. The minimum absolute atomic E-state index is 0.0805. The second-order valence-electron chi connectivity index (χ2n) is 7.64. The van der Waals surface area contributed by atoms with Crippen molar-refractivity contribution in [3.05, 3.63) is 41.5 Å². The molecule has 2 aromatic rings. The van der Waals surface area contributed by atoms with Crippen molar-refractivity contribution in [1.82, 2.24) is 19.7 Å². The fraction of sp³-hybridized carbons (Fsp3) is 0.500. The van der Waals surface area contributed by atoms with Crippen molar-refractivity contribution in [3.63, 3.8) is 0 Å². The van der Waals surface area contributed by atoms with Gasteiger partial charge in [-0.05, 0) is 57.4 Å². The Morgan fingerprint density at radius 3 is 2.52 bits per heavy atom. The Bertz CT molecular complexity index is 889. The lowest BCUT2D eigenvalue weighted by Gasteiger charge is -2.38. The molecular weight excluding hydrogens is 344 g/mol. The molecule has 142 valence electrons. The van der Waals surface area contributed by atoms with Crippen LogP contribution >= 0.6 is 0 Å². The number of carboxylic acid groups (broad SMARTS) is 1. The number of rotatable bonds is 3. The molecule has 0 unspecified atom stereocenters. The first-order valence-corrected chi connectivity index (χ1v) is 9.47. The summed E-state index contributed by atoms with van der Waals surface area (Å²) < 4.78 is 1.75. The van der Waals surface area contributed by atoms with Crippen LogP contribution in [-0.4, -0.2) is 49.2 Å². The average Bonchev–Trinajstić information content (AvgIpc) is 3.22. The summed E-state index contributed by atoms with van der Waals surface area (Å²) in [7, 11) is 0. The molecule has 2 heterocycles. The van der Waals surface area contributed by atoms with Crippen LogP contribution in [0.2, 0.25) is 0 Å². The second-order valence-corrected chi connectivity index (χ2v) is 7.64. The molecular formula is C20H24N4O3. The van der Waals surface area contributed by atoms with Gasteiger partial charge in [-0.15, -0.1) is 0 Å². The van der Waals surface area contributed by atoms with E-state index in [1.807, 2.05) is 26.0 Å². The monoisotopic (exact) mass is 368 g/mol. The zero-order chi connectivity index (χ0) is 19.2. The zero-order valence-electron chi connectivity index (χ0n) is 15.7. The van der Waals surface area contributed by atoms with Crippen LogP contribution in [-0.2, 0) is 4.79 Å². The Morgan fingerprint density at radius 1 is 1.15 bits per heavy atom. The Kier molecular flexibility index (Phi) is 4.25. The Labute approximate surface area is 158 Å². The van der Waals surface area contributed by atoms with E-state index >= 15 is 0 Å². The molecule has 27 heavy (non-hydrogen) atoms. The van der Waals surface area contributed by atoms with Gasteiger partial charge in [-0.2, -0.15) is 5.10 Å². The van der Waals surface area contributed by atoms with Gasteiger partial charge in [-0.25, -0.2) is 9.67 Å². The number of carboxylic acids is 1. The van der Waals surface area contributed by atoms with Crippen LogP contribution in [0.25, 0.3) is 5.69 Å². The quantitative estimate of drug-likeness (QED) is 0.900. The highest BCUT2D eigenvalue weighted by molar-refractivity contribution is 5.95. The molecule has 1 aliphatic heterocycles. The number of aryl methyl sites for hydroxylation is 2. The number of fused-ring (bicyclic) bond motifs is 1. The fourth-order valence-electron chi connectivity index (χ4n) is 4.72. The summed E-state index contributed by atoms with van der Waals surface area (Å²) in [6.07, 6.45) is 3.89. The second kappa shape index (κ2) is 6.48. The normalized spacial score (nSPS) is 24.7. The Balaban J connectivity index is 1.58. The number of likely N-dealkylation sites (tertiary alicyclic amines) is 1. The van der Waals surface area contributed by atoms with E-state index in [1.165, 1.54) is 0 Å². The smallest absolute Gasteiger partial charge is 0.311 e. The zero-order valence-corrected chi connectivity index (χ0v) is 15.7. The summed E-state index contributed by atoms with van der Waals surface area (Å²) in [6, 6.07) is 7.09. The van der Waals surface area contributed by atoms with Gasteiger partial charge < -0.3 is 10.0 Å². The SMILES string of the molecule is Cc1nc(C)n(-c2ccc(C(=O)N3CC[C@]4(C(=O)O)CCCC[C@H]34)cc2)n1. The molecule has 7 nitrogen and oxygen atoms in total. The number of hydrogen-bond donors (Lipinski definition) is 1.